The summed E-state index contributed by atoms with van der Waals surface area (Å²) in [6, 6.07) is 18.6. The molecule has 0 radical (unpaired) electrons. The average molecular weight is 377 g/mol. The van der Waals surface area contributed by atoms with Crippen LogP contribution in [0.25, 0.3) is 0 Å². The van der Waals surface area contributed by atoms with Crippen LogP contribution in [0, 0.1) is 0 Å². The molecule has 0 amide bonds. The van der Waals surface area contributed by atoms with Crippen molar-refractivity contribution < 1.29 is 9.21 Å². The summed E-state index contributed by atoms with van der Waals surface area (Å²) in [4.78, 5) is 14.6. The maximum atomic E-state index is 12.8. The highest BCUT2D eigenvalue weighted by atomic mass is 16.4. The fourth-order valence-electron chi connectivity index (χ4n) is 3.13. The topological polar surface area (TPSA) is 59.2 Å². The zero-order valence-corrected chi connectivity index (χ0v) is 16.9. The maximum absolute atomic E-state index is 12.8. The molecule has 5 heteroatoms. The lowest BCUT2D eigenvalue weighted by molar-refractivity contribution is -0.118. The van der Waals surface area contributed by atoms with Gasteiger partial charge in [-0.3, -0.25) is 4.79 Å². The van der Waals surface area contributed by atoms with Crippen LogP contribution < -0.4 is 4.90 Å². The van der Waals surface area contributed by atoms with Gasteiger partial charge in [-0.15, -0.1) is 5.10 Å². The molecule has 28 heavy (non-hydrogen) atoms. The number of carbonyl (C=O) groups excluding carboxylic acids is 1. The molecule has 0 unspecified atom stereocenters. The number of hydrogen-bond acceptors (Lipinski definition) is 5. The second-order valence-electron chi connectivity index (χ2n) is 7.60. The van der Waals surface area contributed by atoms with Gasteiger partial charge >= 0.3 is 6.01 Å². The van der Waals surface area contributed by atoms with Gasteiger partial charge < -0.3 is 9.32 Å². The van der Waals surface area contributed by atoms with Crippen LogP contribution in [-0.4, -0.2) is 30.1 Å². The Labute approximate surface area is 166 Å². The van der Waals surface area contributed by atoms with E-state index in [4.69, 9.17) is 4.42 Å². The molecule has 5 nitrogen and oxygen atoms in total. The summed E-state index contributed by atoms with van der Waals surface area (Å²) < 4.78 is 5.81. The summed E-state index contributed by atoms with van der Waals surface area (Å²) in [7, 11) is 3.70. The number of anilines is 1. The van der Waals surface area contributed by atoms with Crippen molar-refractivity contribution in [2.75, 3.05) is 19.0 Å². The van der Waals surface area contributed by atoms with E-state index in [1.54, 1.807) is 4.90 Å². The van der Waals surface area contributed by atoms with E-state index in [2.05, 4.69) is 36.2 Å². The molecule has 0 saturated carbocycles. The molecule has 2 aromatic carbocycles. The van der Waals surface area contributed by atoms with Gasteiger partial charge in [0.05, 0.1) is 5.92 Å². The van der Waals surface area contributed by atoms with Gasteiger partial charge in [0.15, 0.2) is 0 Å². The van der Waals surface area contributed by atoms with Crippen LogP contribution in [0.15, 0.2) is 59.0 Å². The first kappa shape index (κ1) is 19.8. The summed E-state index contributed by atoms with van der Waals surface area (Å²) >= 11 is 0. The molecule has 146 valence electrons. The molecule has 1 atom stereocenters. The first-order valence-electron chi connectivity index (χ1n) is 9.60. The fourth-order valence-corrected chi connectivity index (χ4v) is 3.13. The second kappa shape index (κ2) is 8.83. The minimum Gasteiger partial charge on any atom is -0.407 e. The Balaban J connectivity index is 1.77. The molecule has 3 aromatic rings. The molecule has 3 rings (SSSR count). The minimum absolute atomic E-state index is 0.149. The van der Waals surface area contributed by atoms with Gasteiger partial charge in [0.2, 0.25) is 5.89 Å². The van der Waals surface area contributed by atoms with Crippen molar-refractivity contribution in [1.82, 2.24) is 10.2 Å². The SMILES string of the molecule is CC(C)c1ccc(CC(=O)C[C@@H](c2ccccc2)c2nnc(N(C)C)o2)cc1. The van der Waals surface area contributed by atoms with Gasteiger partial charge in [0, 0.05) is 26.9 Å². The Hall–Kier alpha value is -2.95. The number of hydrogen-bond donors (Lipinski definition) is 0. The number of Topliss-reactive ketones (excluding diaryl/α,β-unsaturated/α-hetero) is 1. The normalized spacial score (nSPS) is 12.2. The predicted octanol–water partition coefficient (Wildman–Crippen LogP) is 4.59. The summed E-state index contributed by atoms with van der Waals surface area (Å²) in [5, 5.41) is 8.27. The monoisotopic (exact) mass is 377 g/mol. The van der Waals surface area contributed by atoms with E-state index in [1.165, 1.54) is 5.56 Å². The van der Waals surface area contributed by atoms with Gasteiger partial charge in [0.1, 0.15) is 5.78 Å². The van der Waals surface area contributed by atoms with Crippen LogP contribution in [0.3, 0.4) is 0 Å². The quantitative estimate of drug-likeness (QED) is 0.574. The van der Waals surface area contributed by atoms with E-state index in [0.717, 1.165) is 11.1 Å². The third-order valence-electron chi connectivity index (χ3n) is 4.79. The van der Waals surface area contributed by atoms with Crippen molar-refractivity contribution in [2.45, 2.75) is 38.5 Å². The van der Waals surface area contributed by atoms with Crippen LogP contribution in [0.4, 0.5) is 6.01 Å². The minimum atomic E-state index is -0.246. The van der Waals surface area contributed by atoms with Crippen molar-refractivity contribution in [3.63, 3.8) is 0 Å². The lowest BCUT2D eigenvalue weighted by Gasteiger charge is -2.13. The first-order chi connectivity index (χ1) is 13.4. The highest BCUT2D eigenvalue weighted by Crippen LogP contribution is 2.29. The molecule has 0 aliphatic rings. The summed E-state index contributed by atoms with van der Waals surface area (Å²) in [6.45, 7) is 4.33. The molecule has 1 aromatic heterocycles. The molecule has 0 bridgehead atoms. The average Bonchev–Trinajstić information content (AvgIpc) is 3.17. The van der Waals surface area contributed by atoms with Crippen molar-refractivity contribution in [1.29, 1.82) is 0 Å². The number of nitrogens with zero attached hydrogens (tertiary/aromatic N) is 3. The number of aromatic nitrogens is 2. The number of rotatable bonds is 8. The standard InChI is InChI=1S/C23H27N3O2/c1-16(2)18-12-10-17(11-13-18)14-20(27)15-21(19-8-6-5-7-9-19)22-24-25-23(28-22)26(3)4/h5-13,16,21H,14-15H2,1-4H3/t21-/m0/s1. The molecule has 1 heterocycles. The Morgan fingerprint density at radius 3 is 2.21 bits per heavy atom. The van der Waals surface area contributed by atoms with Crippen LogP contribution in [0.5, 0.6) is 0 Å². The lowest BCUT2D eigenvalue weighted by atomic mass is 9.91. The lowest BCUT2D eigenvalue weighted by Crippen LogP contribution is -2.11. The van der Waals surface area contributed by atoms with E-state index >= 15 is 0 Å². The zero-order chi connectivity index (χ0) is 20.1. The Morgan fingerprint density at radius 2 is 1.64 bits per heavy atom. The molecule has 0 saturated heterocycles. The van der Waals surface area contributed by atoms with Crippen molar-refractivity contribution >= 4 is 11.8 Å². The Bertz CT molecular complexity index is 899. The third kappa shape index (κ3) is 4.85. The van der Waals surface area contributed by atoms with Gasteiger partial charge in [-0.1, -0.05) is 73.5 Å². The number of carbonyl (C=O) groups is 1. The Kier molecular flexibility index (Phi) is 6.24. The van der Waals surface area contributed by atoms with E-state index in [-0.39, 0.29) is 11.7 Å². The molecule has 0 fully saturated rings. The number of benzene rings is 2. The highest BCUT2D eigenvalue weighted by molar-refractivity contribution is 5.82. The molecule has 0 aliphatic carbocycles. The molecule has 0 spiro atoms. The van der Waals surface area contributed by atoms with Gasteiger partial charge in [-0.25, -0.2) is 0 Å². The van der Waals surface area contributed by atoms with Crippen LogP contribution in [0.2, 0.25) is 0 Å². The van der Waals surface area contributed by atoms with E-state index in [9.17, 15) is 4.79 Å². The van der Waals surface area contributed by atoms with Gasteiger partial charge in [0.25, 0.3) is 0 Å². The van der Waals surface area contributed by atoms with Crippen molar-refractivity contribution in [3.8, 4) is 0 Å². The van der Waals surface area contributed by atoms with E-state index in [1.807, 2.05) is 56.6 Å². The van der Waals surface area contributed by atoms with Crippen LogP contribution in [0.1, 0.15) is 54.7 Å². The maximum Gasteiger partial charge on any atom is 0.317 e. The second-order valence-corrected chi connectivity index (χ2v) is 7.60. The smallest absolute Gasteiger partial charge is 0.317 e. The van der Waals surface area contributed by atoms with Gasteiger partial charge in [-0.05, 0) is 22.6 Å². The fraction of sp³-hybridized carbons (Fsp3) is 0.348. The van der Waals surface area contributed by atoms with Crippen LogP contribution in [-0.2, 0) is 11.2 Å². The van der Waals surface area contributed by atoms with Gasteiger partial charge in [-0.2, -0.15) is 0 Å². The molecular formula is C23H27N3O2. The van der Waals surface area contributed by atoms with Crippen LogP contribution >= 0.6 is 0 Å². The first-order valence-corrected chi connectivity index (χ1v) is 9.60. The summed E-state index contributed by atoms with van der Waals surface area (Å²) in [5.74, 6) is 0.856. The summed E-state index contributed by atoms with van der Waals surface area (Å²) in [6.07, 6.45) is 0.724. The van der Waals surface area contributed by atoms with E-state index in [0.29, 0.717) is 30.7 Å². The van der Waals surface area contributed by atoms with Crippen molar-refractivity contribution in [2.24, 2.45) is 0 Å². The molecule has 0 aliphatic heterocycles. The molecular weight excluding hydrogens is 350 g/mol. The van der Waals surface area contributed by atoms with E-state index < -0.39 is 0 Å². The summed E-state index contributed by atoms with van der Waals surface area (Å²) in [5.41, 5.74) is 3.31. The van der Waals surface area contributed by atoms with Crippen molar-refractivity contribution in [3.05, 3.63) is 77.2 Å². The largest absolute Gasteiger partial charge is 0.407 e. The Morgan fingerprint density at radius 1 is 0.964 bits per heavy atom. The predicted molar refractivity (Wildman–Crippen MR) is 111 cm³/mol. The number of ketones is 1. The zero-order valence-electron chi connectivity index (χ0n) is 16.9. The third-order valence-corrected chi connectivity index (χ3v) is 4.79. The molecule has 0 N–H and O–H groups in total. The highest BCUT2D eigenvalue weighted by Gasteiger charge is 2.24.